The van der Waals surface area contributed by atoms with Crippen LogP contribution in [0, 0.1) is 25.7 Å². The van der Waals surface area contributed by atoms with Crippen molar-refractivity contribution in [1.82, 2.24) is 20.3 Å². The van der Waals surface area contributed by atoms with E-state index >= 15 is 0 Å². The molecule has 4 saturated carbocycles. The van der Waals surface area contributed by atoms with Crippen LogP contribution in [0.5, 0.6) is 0 Å². The van der Waals surface area contributed by atoms with Crippen molar-refractivity contribution < 1.29 is 4.79 Å². The minimum absolute atomic E-state index is 0.0265. The number of pyridine rings is 1. The van der Waals surface area contributed by atoms with Gasteiger partial charge in [-0.3, -0.25) is 4.79 Å². The molecule has 4 aliphatic carbocycles. The SMILES string of the molecule is Cc1cccc(C(=O)NC23CC4CC(C2)CC(c2ncc(C)[nH]2)(C4)C3)n1. The van der Waals surface area contributed by atoms with Crippen LogP contribution in [-0.2, 0) is 5.41 Å². The number of rotatable bonds is 3. The number of nitrogens with one attached hydrogen (secondary N) is 2. The van der Waals surface area contributed by atoms with Gasteiger partial charge in [-0.2, -0.15) is 0 Å². The van der Waals surface area contributed by atoms with E-state index in [1.54, 1.807) is 0 Å². The fourth-order valence-electron chi connectivity index (χ4n) is 6.34. The van der Waals surface area contributed by atoms with Gasteiger partial charge in [-0.05, 0) is 76.3 Å². The summed E-state index contributed by atoms with van der Waals surface area (Å²) in [6.07, 6.45) is 8.85. The van der Waals surface area contributed by atoms with Crippen LogP contribution < -0.4 is 5.32 Å². The zero-order valence-electron chi connectivity index (χ0n) is 15.5. The predicted octanol–water partition coefficient (Wildman–Crippen LogP) is 3.44. The number of carbonyl (C=O) groups excluding carboxylic acids is 1. The quantitative estimate of drug-likeness (QED) is 0.891. The van der Waals surface area contributed by atoms with Gasteiger partial charge in [0.15, 0.2) is 0 Å². The summed E-state index contributed by atoms with van der Waals surface area (Å²) >= 11 is 0. The molecule has 0 aliphatic heterocycles. The molecule has 6 rings (SSSR count). The highest BCUT2D eigenvalue weighted by molar-refractivity contribution is 5.92. The van der Waals surface area contributed by atoms with Gasteiger partial charge in [-0.1, -0.05) is 6.07 Å². The summed E-state index contributed by atoms with van der Waals surface area (Å²) in [5.74, 6) is 2.48. The Morgan fingerprint density at radius 1 is 1.19 bits per heavy atom. The molecule has 5 nitrogen and oxygen atoms in total. The van der Waals surface area contributed by atoms with Crippen LogP contribution in [0.1, 0.15) is 66.2 Å². The fraction of sp³-hybridized carbons (Fsp3) is 0.571. The van der Waals surface area contributed by atoms with Gasteiger partial charge in [-0.15, -0.1) is 0 Å². The van der Waals surface area contributed by atoms with E-state index in [4.69, 9.17) is 4.98 Å². The summed E-state index contributed by atoms with van der Waals surface area (Å²) in [5.41, 5.74) is 2.53. The van der Waals surface area contributed by atoms with Crippen molar-refractivity contribution in [2.24, 2.45) is 11.8 Å². The maximum absolute atomic E-state index is 12.9. The molecule has 4 fully saturated rings. The van der Waals surface area contributed by atoms with Crippen molar-refractivity contribution in [1.29, 1.82) is 0 Å². The number of imidazole rings is 1. The van der Waals surface area contributed by atoms with Gasteiger partial charge >= 0.3 is 0 Å². The molecule has 4 bridgehead atoms. The lowest BCUT2D eigenvalue weighted by atomic mass is 9.46. The lowest BCUT2D eigenvalue weighted by Crippen LogP contribution is -2.64. The predicted molar refractivity (Wildman–Crippen MR) is 98.9 cm³/mol. The van der Waals surface area contributed by atoms with E-state index in [1.165, 1.54) is 19.3 Å². The summed E-state index contributed by atoms with van der Waals surface area (Å²) in [6, 6.07) is 5.65. The Labute approximate surface area is 154 Å². The number of hydrogen-bond donors (Lipinski definition) is 2. The summed E-state index contributed by atoms with van der Waals surface area (Å²) in [6.45, 7) is 3.99. The molecule has 0 aromatic carbocycles. The molecule has 2 N–H and O–H groups in total. The number of amides is 1. The number of hydrogen-bond acceptors (Lipinski definition) is 3. The van der Waals surface area contributed by atoms with Gasteiger partial charge in [-0.25, -0.2) is 9.97 Å². The lowest BCUT2D eigenvalue weighted by Gasteiger charge is -2.61. The van der Waals surface area contributed by atoms with Crippen molar-refractivity contribution in [3.05, 3.63) is 47.3 Å². The standard InChI is InChI=1S/C21H26N4O/c1-13-4-3-5-17(23-13)18(26)25-21-9-15-6-16(10-21)8-20(7-15,12-21)19-22-11-14(2)24-19/h3-5,11,15-16H,6-10,12H2,1-2H3,(H,22,24)(H,25,26). The van der Waals surface area contributed by atoms with E-state index in [0.717, 1.165) is 36.5 Å². The molecular formula is C21H26N4O. The first-order valence-corrected chi connectivity index (χ1v) is 9.74. The molecule has 2 aromatic heterocycles. The van der Waals surface area contributed by atoms with E-state index in [-0.39, 0.29) is 16.9 Å². The lowest BCUT2D eigenvalue weighted by molar-refractivity contribution is -0.0403. The van der Waals surface area contributed by atoms with Crippen molar-refractivity contribution in [2.45, 2.75) is 63.3 Å². The third-order valence-electron chi connectivity index (χ3n) is 6.77. The highest BCUT2D eigenvalue weighted by Gasteiger charge is 2.59. The monoisotopic (exact) mass is 350 g/mol. The second kappa shape index (κ2) is 5.41. The number of nitrogens with zero attached hydrogens (tertiary/aromatic N) is 2. The first kappa shape index (κ1) is 16.0. The van der Waals surface area contributed by atoms with E-state index in [1.807, 2.05) is 31.3 Å². The first-order chi connectivity index (χ1) is 12.5. The van der Waals surface area contributed by atoms with Crippen LogP contribution in [0.4, 0.5) is 0 Å². The summed E-state index contributed by atoms with van der Waals surface area (Å²) in [7, 11) is 0. The van der Waals surface area contributed by atoms with Crippen molar-refractivity contribution in [3.63, 3.8) is 0 Å². The smallest absolute Gasteiger partial charge is 0.270 e. The van der Waals surface area contributed by atoms with Crippen LogP contribution >= 0.6 is 0 Å². The van der Waals surface area contributed by atoms with Gasteiger partial charge in [0.2, 0.25) is 0 Å². The fourth-order valence-corrected chi connectivity index (χ4v) is 6.34. The number of aromatic amines is 1. The highest BCUT2D eigenvalue weighted by atomic mass is 16.2. The third-order valence-corrected chi connectivity index (χ3v) is 6.77. The van der Waals surface area contributed by atoms with Crippen LogP contribution in [0.25, 0.3) is 0 Å². The van der Waals surface area contributed by atoms with Crippen molar-refractivity contribution >= 4 is 5.91 Å². The van der Waals surface area contributed by atoms with E-state index in [0.29, 0.717) is 17.5 Å². The second-order valence-corrected chi connectivity index (χ2v) is 9.05. The zero-order chi connectivity index (χ0) is 17.9. The summed E-state index contributed by atoms with van der Waals surface area (Å²) in [5, 5.41) is 3.43. The van der Waals surface area contributed by atoms with Gasteiger partial charge in [0, 0.05) is 28.5 Å². The van der Waals surface area contributed by atoms with E-state index < -0.39 is 0 Å². The van der Waals surface area contributed by atoms with Crippen LogP contribution in [0.3, 0.4) is 0 Å². The molecule has 26 heavy (non-hydrogen) atoms. The minimum atomic E-state index is -0.104. The topological polar surface area (TPSA) is 70.7 Å². The number of H-pyrrole nitrogens is 1. The summed E-state index contributed by atoms with van der Waals surface area (Å²) in [4.78, 5) is 25.6. The van der Waals surface area contributed by atoms with Crippen molar-refractivity contribution in [2.75, 3.05) is 0 Å². The van der Waals surface area contributed by atoms with Gasteiger partial charge in [0.1, 0.15) is 11.5 Å². The average molecular weight is 350 g/mol. The molecule has 0 radical (unpaired) electrons. The Morgan fingerprint density at radius 2 is 1.96 bits per heavy atom. The molecule has 1 amide bonds. The summed E-state index contributed by atoms with van der Waals surface area (Å²) < 4.78 is 0. The molecule has 136 valence electrons. The van der Waals surface area contributed by atoms with Gasteiger partial charge in [0.05, 0.1) is 0 Å². The first-order valence-electron chi connectivity index (χ1n) is 9.74. The maximum atomic E-state index is 12.9. The Balaban J connectivity index is 1.46. The third kappa shape index (κ3) is 2.48. The maximum Gasteiger partial charge on any atom is 0.270 e. The Bertz CT molecular complexity index is 856. The van der Waals surface area contributed by atoms with Gasteiger partial charge < -0.3 is 10.3 Å². The van der Waals surface area contributed by atoms with Crippen LogP contribution in [0.15, 0.2) is 24.4 Å². The zero-order valence-corrected chi connectivity index (χ0v) is 15.5. The van der Waals surface area contributed by atoms with Crippen molar-refractivity contribution in [3.8, 4) is 0 Å². The molecule has 2 atom stereocenters. The molecule has 4 aliphatic rings. The molecule has 2 unspecified atom stereocenters. The Kier molecular flexibility index (Phi) is 3.34. The average Bonchev–Trinajstić information content (AvgIpc) is 3.00. The second-order valence-electron chi connectivity index (χ2n) is 9.05. The molecule has 5 heteroatoms. The normalized spacial score (nSPS) is 34.8. The van der Waals surface area contributed by atoms with Gasteiger partial charge in [0.25, 0.3) is 5.91 Å². The van der Waals surface area contributed by atoms with Crippen LogP contribution in [0.2, 0.25) is 0 Å². The van der Waals surface area contributed by atoms with Crippen LogP contribution in [-0.4, -0.2) is 26.4 Å². The number of aryl methyl sites for hydroxylation is 2. The van der Waals surface area contributed by atoms with E-state index in [9.17, 15) is 4.79 Å². The molecule has 2 aromatic rings. The largest absolute Gasteiger partial charge is 0.346 e. The number of aromatic nitrogens is 3. The molecular weight excluding hydrogens is 324 g/mol. The molecule has 0 saturated heterocycles. The molecule has 0 spiro atoms. The molecule has 2 heterocycles. The minimum Gasteiger partial charge on any atom is -0.346 e. The highest BCUT2D eigenvalue weighted by Crippen LogP contribution is 2.61. The van der Waals surface area contributed by atoms with E-state index in [2.05, 4.69) is 22.2 Å². The Hall–Kier alpha value is -2.17. The Morgan fingerprint density at radius 3 is 2.62 bits per heavy atom. The number of carbonyl (C=O) groups is 1.